The molecule has 1 amide bonds. The maximum atomic E-state index is 11.6. The third-order valence-corrected chi connectivity index (χ3v) is 2.79. The Hall–Kier alpha value is -2.38. The van der Waals surface area contributed by atoms with Crippen molar-refractivity contribution in [3.63, 3.8) is 0 Å². The lowest BCUT2D eigenvalue weighted by molar-refractivity contribution is -0.144. The topological polar surface area (TPSA) is 121 Å². The Morgan fingerprint density at radius 2 is 1.95 bits per heavy atom. The predicted octanol–water partition coefficient (Wildman–Crippen LogP) is -1.02. The molecule has 110 valence electrons. The van der Waals surface area contributed by atoms with Crippen molar-refractivity contribution in [1.82, 2.24) is 15.3 Å². The maximum absolute atomic E-state index is 11.6. The molecule has 0 bridgehead atoms. The summed E-state index contributed by atoms with van der Waals surface area (Å²) in [6.45, 7) is 3.09. The smallest absolute Gasteiger partial charge is 0.328 e. The summed E-state index contributed by atoms with van der Waals surface area (Å²) in [6, 6.07) is -0.748. The van der Waals surface area contributed by atoms with Crippen LogP contribution in [0.5, 0.6) is 0 Å². The Balaban J connectivity index is 2.64. The highest BCUT2D eigenvalue weighted by Gasteiger charge is 2.16. The normalized spacial score (nSPS) is 11.8. The van der Waals surface area contributed by atoms with E-state index < -0.39 is 23.3 Å². The average Bonchev–Trinajstić information content (AvgIpc) is 2.36. The van der Waals surface area contributed by atoms with Crippen molar-refractivity contribution in [2.24, 2.45) is 0 Å². The second kappa shape index (κ2) is 6.69. The van der Waals surface area contributed by atoms with E-state index in [9.17, 15) is 19.2 Å². The monoisotopic (exact) mass is 283 g/mol. The van der Waals surface area contributed by atoms with Crippen LogP contribution in [0.25, 0.3) is 0 Å². The van der Waals surface area contributed by atoms with Crippen LogP contribution in [0.3, 0.4) is 0 Å². The molecule has 0 aliphatic carbocycles. The summed E-state index contributed by atoms with van der Waals surface area (Å²) in [5, 5.41) is 2.45. The molecule has 0 saturated carbocycles. The van der Waals surface area contributed by atoms with Crippen molar-refractivity contribution >= 4 is 11.9 Å². The first-order valence-corrected chi connectivity index (χ1v) is 6.04. The van der Waals surface area contributed by atoms with Gasteiger partial charge in [-0.15, -0.1) is 0 Å². The van der Waals surface area contributed by atoms with Gasteiger partial charge < -0.3 is 15.0 Å². The molecule has 1 unspecified atom stereocenters. The number of esters is 1. The molecular formula is C12H17N3O5. The van der Waals surface area contributed by atoms with E-state index in [1.807, 2.05) is 0 Å². The van der Waals surface area contributed by atoms with Gasteiger partial charge in [-0.3, -0.25) is 14.6 Å². The molecule has 0 aromatic carbocycles. The van der Waals surface area contributed by atoms with E-state index >= 15 is 0 Å². The van der Waals surface area contributed by atoms with Gasteiger partial charge in [-0.2, -0.15) is 0 Å². The number of nitrogens with one attached hydrogen (secondary N) is 3. The van der Waals surface area contributed by atoms with Crippen LogP contribution in [-0.4, -0.2) is 35.0 Å². The highest BCUT2D eigenvalue weighted by atomic mass is 16.5. The van der Waals surface area contributed by atoms with E-state index in [0.29, 0.717) is 11.3 Å². The number of methoxy groups -OCH3 is 1. The van der Waals surface area contributed by atoms with Gasteiger partial charge in [-0.1, -0.05) is 0 Å². The number of ether oxygens (including phenoxy) is 1. The van der Waals surface area contributed by atoms with Gasteiger partial charge in [0.2, 0.25) is 5.91 Å². The fourth-order valence-corrected chi connectivity index (χ4v) is 1.71. The Kier molecular flexibility index (Phi) is 5.24. The van der Waals surface area contributed by atoms with E-state index in [1.54, 1.807) is 6.92 Å². The van der Waals surface area contributed by atoms with Gasteiger partial charge in [0, 0.05) is 17.7 Å². The summed E-state index contributed by atoms with van der Waals surface area (Å²) in [7, 11) is 1.23. The second-order valence-corrected chi connectivity index (χ2v) is 4.32. The average molecular weight is 283 g/mol. The lowest BCUT2D eigenvalue weighted by Crippen LogP contribution is -2.39. The van der Waals surface area contributed by atoms with Crippen molar-refractivity contribution in [3.05, 3.63) is 32.1 Å². The molecule has 0 radical (unpaired) electrons. The fourth-order valence-electron chi connectivity index (χ4n) is 1.71. The van der Waals surface area contributed by atoms with Crippen LogP contribution in [0, 0.1) is 6.92 Å². The summed E-state index contributed by atoms with van der Waals surface area (Å²) in [4.78, 5) is 49.9. The van der Waals surface area contributed by atoms with Crippen LogP contribution in [0.2, 0.25) is 0 Å². The summed E-state index contributed by atoms with van der Waals surface area (Å²) in [5.41, 5.74) is -0.335. The van der Waals surface area contributed by atoms with Gasteiger partial charge in [0.1, 0.15) is 6.04 Å². The molecule has 8 nitrogen and oxygen atoms in total. The van der Waals surface area contributed by atoms with E-state index in [-0.39, 0.29) is 18.7 Å². The number of amides is 1. The zero-order valence-electron chi connectivity index (χ0n) is 11.5. The van der Waals surface area contributed by atoms with Gasteiger partial charge >= 0.3 is 11.7 Å². The minimum Gasteiger partial charge on any atom is -0.467 e. The first-order chi connectivity index (χ1) is 9.35. The van der Waals surface area contributed by atoms with Crippen molar-refractivity contribution in [1.29, 1.82) is 0 Å². The number of rotatable bonds is 5. The highest BCUT2D eigenvalue weighted by molar-refractivity contribution is 5.84. The van der Waals surface area contributed by atoms with Gasteiger partial charge in [0.25, 0.3) is 5.56 Å². The molecule has 0 aliphatic heterocycles. The zero-order chi connectivity index (χ0) is 15.3. The van der Waals surface area contributed by atoms with Crippen LogP contribution in [0.4, 0.5) is 0 Å². The standard InChI is InChI=1S/C12H17N3O5/c1-6-8(10(17)15-12(19)14-6)4-5-9(16)13-7(2)11(18)20-3/h7H,4-5H2,1-3H3,(H,13,16)(H2,14,15,17,19). The number of H-pyrrole nitrogens is 2. The van der Waals surface area contributed by atoms with E-state index in [0.717, 1.165) is 0 Å². The van der Waals surface area contributed by atoms with Crippen LogP contribution in [-0.2, 0) is 20.7 Å². The number of hydrogen-bond acceptors (Lipinski definition) is 5. The van der Waals surface area contributed by atoms with Crippen molar-refractivity contribution in [2.75, 3.05) is 7.11 Å². The lowest BCUT2D eigenvalue weighted by atomic mass is 10.1. The lowest BCUT2D eigenvalue weighted by Gasteiger charge is -2.11. The van der Waals surface area contributed by atoms with E-state index in [2.05, 4.69) is 20.0 Å². The number of carbonyl (C=O) groups excluding carboxylic acids is 2. The molecule has 1 heterocycles. The van der Waals surface area contributed by atoms with Crippen molar-refractivity contribution < 1.29 is 14.3 Å². The maximum Gasteiger partial charge on any atom is 0.328 e. The number of aryl methyl sites for hydroxylation is 1. The first-order valence-electron chi connectivity index (χ1n) is 6.04. The molecule has 1 aromatic rings. The largest absolute Gasteiger partial charge is 0.467 e. The molecule has 8 heteroatoms. The van der Waals surface area contributed by atoms with Gasteiger partial charge in [0.15, 0.2) is 0 Å². The minimum absolute atomic E-state index is 0.0251. The van der Waals surface area contributed by atoms with Crippen LogP contribution >= 0.6 is 0 Å². The van der Waals surface area contributed by atoms with Crippen molar-refractivity contribution in [3.8, 4) is 0 Å². The van der Waals surface area contributed by atoms with Gasteiger partial charge in [-0.05, 0) is 20.3 Å². The first kappa shape index (κ1) is 15.7. The summed E-state index contributed by atoms with van der Waals surface area (Å²) < 4.78 is 4.48. The SMILES string of the molecule is COC(=O)C(C)NC(=O)CCc1c(C)[nH]c(=O)[nH]c1=O. The second-order valence-electron chi connectivity index (χ2n) is 4.32. The predicted molar refractivity (Wildman–Crippen MR) is 70.4 cm³/mol. The summed E-state index contributed by atoms with van der Waals surface area (Å²) in [6.07, 6.45) is 0.189. The Labute approximate surface area is 114 Å². The molecule has 1 atom stereocenters. The third kappa shape index (κ3) is 4.08. The molecule has 0 saturated heterocycles. The summed E-state index contributed by atoms with van der Waals surface area (Å²) in [5.74, 6) is -0.927. The molecule has 0 spiro atoms. The molecule has 1 aromatic heterocycles. The Bertz CT molecular complexity index is 616. The number of hydrogen-bond donors (Lipinski definition) is 3. The van der Waals surface area contributed by atoms with Crippen LogP contribution < -0.4 is 16.6 Å². The molecule has 0 fully saturated rings. The number of aromatic amines is 2. The zero-order valence-corrected chi connectivity index (χ0v) is 11.5. The van der Waals surface area contributed by atoms with E-state index in [4.69, 9.17) is 0 Å². The minimum atomic E-state index is -0.748. The Morgan fingerprint density at radius 3 is 2.50 bits per heavy atom. The van der Waals surface area contributed by atoms with Crippen LogP contribution in [0.15, 0.2) is 9.59 Å². The molecular weight excluding hydrogens is 266 g/mol. The van der Waals surface area contributed by atoms with Gasteiger partial charge in [0.05, 0.1) is 7.11 Å². The van der Waals surface area contributed by atoms with E-state index in [1.165, 1.54) is 14.0 Å². The van der Waals surface area contributed by atoms with Crippen LogP contribution in [0.1, 0.15) is 24.6 Å². The Morgan fingerprint density at radius 1 is 1.30 bits per heavy atom. The fraction of sp³-hybridized carbons (Fsp3) is 0.500. The number of aromatic nitrogens is 2. The third-order valence-electron chi connectivity index (χ3n) is 2.79. The number of carbonyl (C=O) groups is 2. The molecule has 3 N–H and O–H groups in total. The molecule has 1 rings (SSSR count). The summed E-state index contributed by atoms with van der Waals surface area (Å²) >= 11 is 0. The molecule has 20 heavy (non-hydrogen) atoms. The highest BCUT2D eigenvalue weighted by Crippen LogP contribution is 2.00. The molecule has 0 aliphatic rings. The van der Waals surface area contributed by atoms with Crippen molar-refractivity contribution in [2.45, 2.75) is 32.7 Å². The quantitative estimate of drug-likeness (QED) is 0.597. The van der Waals surface area contributed by atoms with Gasteiger partial charge in [-0.25, -0.2) is 9.59 Å².